The van der Waals surface area contributed by atoms with Gasteiger partial charge in [-0.15, -0.1) is 0 Å². The van der Waals surface area contributed by atoms with Crippen molar-refractivity contribution >= 4 is 17.4 Å². The van der Waals surface area contributed by atoms with E-state index in [0.29, 0.717) is 35.2 Å². The number of hydrogen-bond acceptors (Lipinski definition) is 6. The molecule has 0 bridgehead atoms. The number of carbonyl (C=O) groups excluding carboxylic acids is 1. The molecule has 2 aromatic carbocycles. The van der Waals surface area contributed by atoms with Crippen molar-refractivity contribution in [1.29, 1.82) is 0 Å². The summed E-state index contributed by atoms with van der Waals surface area (Å²) in [5.41, 5.74) is 3.86. The molecule has 4 rings (SSSR count). The van der Waals surface area contributed by atoms with Crippen molar-refractivity contribution in [2.75, 3.05) is 11.9 Å². The summed E-state index contributed by atoms with van der Waals surface area (Å²) in [7, 11) is 0. The minimum Gasteiger partial charge on any atom is -0.487 e. The summed E-state index contributed by atoms with van der Waals surface area (Å²) in [6, 6.07) is 12.6. The molecule has 0 aliphatic carbocycles. The van der Waals surface area contributed by atoms with Crippen LogP contribution < -0.4 is 20.3 Å². The van der Waals surface area contributed by atoms with Crippen LogP contribution >= 0.6 is 0 Å². The van der Waals surface area contributed by atoms with Crippen LogP contribution in [0.25, 0.3) is 5.78 Å². The van der Waals surface area contributed by atoms with Gasteiger partial charge in [-0.2, -0.15) is 9.50 Å². The highest BCUT2D eigenvalue weighted by molar-refractivity contribution is 5.92. The highest BCUT2D eigenvalue weighted by atomic mass is 16.5. The Balaban J connectivity index is 1.41. The highest BCUT2D eigenvalue weighted by Crippen LogP contribution is 2.24. The zero-order valence-electron chi connectivity index (χ0n) is 20.4. The number of nitrogens with one attached hydrogen (secondary N) is 1. The van der Waals surface area contributed by atoms with Gasteiger partial charge in [0.25, 0.3) is 17.2 Å². The fourth-order valence-electron chi connectivity index (χ4n) is 3.67. The molecule has 0 fully saturated rings. The molecule has 9 heteroatoms. The van der Waals surface area contributed by atoms with Gasteiger partial charge in [0, 0.05) is 24.4 Å². The maximum absolute atomic E-state index is 12.6. The number of nitrogens with zero attached hydrogens (tertiary/aromatic N) is 4. The molecule has 35 heavy (non-hydrogen) atoms. The van der Waals surface area contributed by atoms with Crippen molar-refractivity contribution < 1.29 is 14.3 Å². The molecule has 4 aromatic rings. The van der Waals surface area contributed by atoms with Crippen LogP contribution in [0.2, 0.25) is 0 Å². The third-order valence-electron chi connectivity index (χ3n) is 5.71. The van der Waals surface area contributed by atoms with E-state index in [1.165, 1.54) is 10.6 Å². The SMILES string of the molecule is CCCn1cnc2nc(COc3cc(NC(=O)COc4cccc(C)c4C)ccc3C)cc(=O)n21. The Bertz CT molecular complexity index is 1420. The van der Waals surface area contributed by atoms with Gasteiger partial charge in [0.2, 0.25) is 0 Å². The van der Waals surface area contributed by atoms with Crippen molar-refractivity contribution in [3.63, 3.8) is 0 Å². The van der Waals surface area contributed by atoms with E-state index in [9.17, 15) is 9.59 Å². The van der Waals surface area contributed by atoms with E-state index in [0.717, 1.165) is 23.1 Å². The van der Waals surface area contributed by atoms with E-state index < -0.39 is 0 Å². The lowest BCUT2D eigenvalue weighted by molar-refractivity contribution is -0.118. The number of fused-ring (bicyclic) bond motifs is 1. The monoisotopic (exact) mass is 475 g/mol. The second-order valence-corrected chi connectivity index (χ2v) is 8.41. The summed E-state index contributed by atoms with van der Waals surface area (Å²) in [5.74, 6) is 1.33. The Kier molecular flexibility index (Phi) is 7.14. The molecule has 0 atom stereocenters. The molecule has 2 aromatic heterocycles. The van der Waals surface area contributed by atoms with E-state index in [-0.39, 0.29) is 24.7 Å². The van der Waals surface area contributed by atoms with Gasteiger partial charge in [-0.3, -0.25) is 14.3 Å². The smallest absolute Gasteiger partial charge is 0.274 e. The maximum atomic E-state index is 12.6. The van der Waals surface area contributed by atoms with Crippen LogP contribution in [-0.2, 0) is 17.9 Å². The predicted octanol–water partition coefficient (Wildman–Crippen LogP) is 3.82. The summed E-state index contributed by atoms with van der Waals surface area (Å²) in [6.07, 6.45) is 2.49. The number of anilines is 1. The lowest BCUT2D eigenvalue weighted by atomic mass is 10.1. The van der Waals surface area contributed by atoms with E-state index in [2.05, 4.69) is 15.3 Å². The second-order valence-electron chi connectivity index (χ2n) is 8.41. The Labute approximate surface area is 203 Å². The normalized spacial score (nSPS) is 11.0. The van der Waals surface area contributed by atoms with Gasteiger partial charge in [0.05, 0.1) is 5.69 Å². The fraction of sp³-hybridized carbons (Fsp3) is 0.308. The van der Waals surface area contributed by atoms with Gasteiger partial charge in [-0.1, -0.05) is 25.1 Å². The first-order chi connectivity index (χ1) is 16.9. The van der Waals surface area contributed by atoms with Gasteiger partial charge in [0.15, 0.2) is 6.61 Å². The first-order valence-corrected chi connectivity index (χ1v) is 11.5. The van der Waals surface area contributed by atoms with Gasteiger partial charge < -0.3 is 14.8 Å². The number of hydrogen-bond donors (Lipinski definition) is 1. The number of rotatable bonds is 9. The minimum atomic E-state index is -0.275. The number of carbonyl (C=O) groups is 1. The van der Waals surface area contributed by atoms with Crippen molar-refractivity contribution in [2.45, 2.75) is 47.3 Å². The van der Waals surface area contributed by atoms with Crippen molar-refractivity contribution in [3.8, 4) is 11.5 Å². The second kappa shape index (κ2) is 10.4. The Morgan fingerprint density at radius 1 is 1.03 bits per heavy atom. The van der Waals surface area contributed by atoms with Crippen LogP contribution in [0.5, 0.6) is 11.5 Å². The standard InChI is InChI=1S/C26H29N5O4/c1-5-11-30-16-27-26-29-21(13-25(33)31(26)30)14-34-23-12-20(10-9-18(23)3)28-24(32)15-35-22-8-6-7-17(2)19(22)4/h6-10,12-13,16H,5,11,14-15H2,1-4H3,(H,28,32). The van der Waals surface area contributed by atoms with E-state index in [1.54, 1.807) is 23.1 Å². The lowest BCUT2D eigenvalue weighted by Crippen LogP contribution is -2.22. The molecule has 2 heterocycles. The molecule has 0 saturated heterocycles. The summed E-state index contributed by atoms with van der Waals surface area (Å²) >= 11 is 0. The van der Waals surface area contributed by atoms with Crippen LogP contribution in [-0.4, -0.2) is 31.7 Å². The average Bonchev–Trinajstić information content (AvgIpc) is 3.24. The Morgan fingerprint density at radius 3 is 2.66 bits per heavy atom. The van der Waals surface area contributed by atoms with Gasteiger partial charge in [-0.05, 0) is 56.0 Å². The molecule has 1 amide bonds. The molecule has 0 saturated carbocycles. The lowest BCUT2D eigenvalue weighted by Gasteiger charge is -2.13. The topological polar surface area (TPSA) is 99.8 Å². The van der Waals surface area contributed by atoms with Crippen LogP contribution in [0.4, 0.5) is 5.69 Å². The maximum Gasteiger partial charge on any atom is 0.274 e. The van der Waals surface area contributed by atoms with Gasteiger partial charge in [0.1, 0.15) is 24.4 Å². The molecule has 1 N–H and O–H groups in total. The average molecular weight is 476 g/mol. The Hall–Kier alpha value is -4.14. The number of amides is 1. The van der Waals surface area contributed by atoms with Crippen LogP contribution in [0.1, 0.15) is 35.7 Å². The summed E-state index contributed by atoms with van der Waals surface area (Å²) < 4.78 is 14.8. The molecule has 0 aliphatic rings. The molecule has 9 nitrogen and oxygen atoms in total. The predicted molar refractivity (Wildman–Crippen MR) is 133 cm³/mol. The highest BCUT2D eigenvalue weighted by Gasteiger charge is 2.11. The van der Waals surface area contributed by atoms with Gasteiger partial charge >= 0.3 is 0 Å². The van der Waals surface area contributed by atoms with Crippen LogP contribution in [0.15, 0.2) is 53.6 Å². The molecular formula is C26H29N5O4. The van der Waals surface area contributed by atoms with Crippen molar-refractivity contribution in [3.05, 3.63) is 81.5 Å². The summed E-state index contributed by atoms with van der Waals surface area (Å²) in [6.45, 7) is 8.57. The third-order valence-corrected chi connectivity index (χ3v) is 5.71. The van der Waals surface area contributed by atoms with Crippen LogP contribution in [0, 0.1) is 20.8 Å². The first kappa shape index (κ1) is 24.0. The van der Waals surface area contributed by atoms with E-state index in [1.807, 2.05) is 52.0 Å². The number of ether oxygens (including phenoxy) is 2. The minimum absolute atomic E-state index is 0.0976. The van der Waals surface area contributed by atoms with Gasteiger partial charge in [-0.25, -0.2) is 4.98 Å². The summed E-state index contributed by atoms with van der Waals surface area (Å²) in [4.78, 5) is 33.7. The van der Waals surface area contributed by atoms with Crippen LogP contribution in [0.3, 0.4) is 0 Å². The van der Waals surface area contributed by atoms with E-state index in [4.69, 9.17) is 9.47 Å². The Morgan fingerprint density at radius 2 is 1.86 bits per heavy atom. The molecule has 0 unspecified atom stereocenters. The fourth-order valence-corrected chi connectivity index (χ4v) is 3.67. The first-order valence-electron chi connectivity index (χ1n) is 11.5. The summed E-state index contributed by atoms with van der Waals surface area (Å²) in [5, 5.41) is 2.83. The zero-order chi connectivity index (χ0) is 24.9. The number of aromatic nitrogens is 4. The van der Waals surface area contributed by atoms with E-state index >= 15 is 0 Å². The molecule has 0 radical (unpaired) electrons. The molecule has 182 valence electrons. The number of aryl methyl sites for hydroxylation is 3. The third kappa shape index (κ3) is 5.51. The molecule has 0 aliphatic heterocycles. The quantitative estimate of drug-likeness (QED) is 0.395. The molecular weight excluding hydrogens is 446 g/mol. The van der Waals surface area contributed by atoms with Crippen molar-refractivity contribution in [2.24, 2.45) is 0 Å². The molecule has 0 spiro atoms. The zero-order valence-corrected chi connectivity index (χ0v) is 20.4. The number of benzene rings is 2. The van der Waals surface area contributed by atoms with Crippen molar-refractivity contribution in [1.82, 2.24) is 19.2 Å². The largest absolute Gasteiger partial charge is 0.487 e.